The second kappa shape index (κ2) is 6.44. The molecular weight excluding hydrogens is 244 g/mol. The van der Waals surface area contributed by atoms with Crippen LogP contribution in [0.2, 0.25) is 0 Å². The highest BCUT2D eigenvalue weighted by Crippen LogP contribution is 2.21. The van der Waals surface area contributed by atoms with Crippen molar-refractivity contribution in [2.45, 2.75) is 24.0 Å². The van der Waals surface area contributed by atoms with E-state index in [-0.39, 0.29) is 0 Å². The molecule has 2 aromatic heterocycles. The van der Waals surface area contributed by atoms with E-state index in [1.54, 1.807) is 11.8 Å². The molecule has 0 aliphatic rings. The van der Waals surface area contributed by atoms with Crippen LogP contribution in [0, 0.1) is 0 Å². The number of nitrogens with one attached hydrogen (secondary N) is 1. The highest BCUT2D eigenvalue weighted by Gasteiger charge is 1.99. The second-order valence-corrected chi connectivity index (χ2v) is 5.17. The summed E-state index contributed by atoms with van der Waals surface area (Å²) in [5, 5.41) is 7.41. The molecule has 5 heteroatoms. The zero-order valence-electron chi connectivity index (χ0n) is 10.8. The largest absolute Gasteiger partial charge is 0.370 e. The van der Waals surface area contributed by atoms with Gasteiger partial charge in [0.2, 0.25) is 0 Å². The van der Waals surface area contributed by atoms with Crippen molar-refractivity contribution < 1.29 is 0 Å². The van der Waals surface area contributed by atoms with Gasteiger partial charge in [0, 0.05) is 36.6 Å². The van der Waals surface area contributed by atoms with E-state index in [4.69, 9.17) is 0 Å². The van der Waals surface area contributed by atoms with Crippen LogP contribution in [0.25, 0.3) is 0 Å². The minimum absolute atomic E-state index is 0.923. The van der Waals surface area contributed by atoms with Gasteiger partial charge in [-0.05, 0) is 18.1 Å². The summed E-state index contributed by atoms with van der Waals surface area (Å²) < 4.78 is 1.82. The molecule has 2 aromatic rings. The molecule has 0 aliphatic carbocycles. The molecule has 0 radical (unpaired) electrons. The van der Waals surface area contributed by atoms with Gasteiger partial charge in [-0.3, -0.25) is 4.68 Å². The number of anilines is 1. The third-order valence-electron chi connectivity index (χ3n) is 2.47. The Morgan fingerprint density at radius 3 is 2.83 bits per heavy atom. The average Bonchev–Trinajstić information content (AvgIpc) is 2.81. The number of rotatable bonds is 6. The number of thioether (sulfide) groups is 1. The monoisotopic (exact) mass is 262 g/mol. The first-order chi connectivity index (χ1) is 8.78. The predicted octanol–water partition coefficient (Wildman–Crippen LogP) is 2.93. The lowest BCUT2D eigenvalue weighted by Gasteiger charge is -2.04. The van der Waals surface area contributed by atoms with Gasteiger partial charge in [-0.1, -0.05) is 13.0 Å². The van der Waals surface area contributed by atoms with E-state index >= 15 is 0 Å². The van der Waals surface area contributed by atoms with E-state index in [0.29, 0.717) is 0 Å². The van der Waals surface area contributed by atoms with Gasteiger partial charge >= 0.3 is 0 Å². The minimum Gasteiger partial charge on any atom is -0.370 e. The van der Waals surface area contributed by atoms with Gasteiger partial charge in [0.15, 0.2) is 0 Å². The van der Waals surface area contributed by atoms with Crippen LogP contribution in [0.5, 0.6) is 0 Å². The fourth-order valence-electron chi connectivity index (χ4n) is 1.51. The van der Waals surface area contributed by atoms with Crippen LogP contribution in [0.4, 0.5) is 5.82 Å². The number of hydrogen-bond donors (Lipinski definition) is 1. The Morgan fingerprint density at radius 2 is 2.22 bits per heavy atom. The summed E-state index contributed by atoms with van der Waals surface area (Å²) >= 11 is 1.77. The van der Waals surface area contributed by atoms with Crippen LogP contribution in [-0.4, -0.2) is 21.3 Å². The Labute approximate surface area is 112 Å². The smallest absolute Gasteiger partial charge is 0.125 e. The molecule has 0 aromatic carbocycles. The summed E-state index contributed by atoms with van der Waals surface area (Å²) in [7, 11) is 1.93. The van der Waals surface area contributed by atoms with Crippen molar-refractivity contribution in [1.82, 2.24) is 14.8 Å². The van der Waals surface area contributed by atoms with Crippen LogP contribution in [-0.2, 0) is 12.8 Å². The van der Waals surface area contributed by atoms with Crippen LogP contribution >= 0.6 is 11.8 Å². The number of pyridine rings is 1. The summed E-state index contributed by atoms with van der Waals surface area (Å²) in [5.74, 6) is 1.87. The molecule has 0 fully saturated rings. The topological polar surface area (TPSA) is 42.7 Å². The summed E-state index contributed by atoms with van der Waals surface area (Å²) in [4.78, 5) is 5.57. The Morgan fingerprint density at radius 1 is 1.33 bits per heavy atom. The summed E-state index contributed by atoms with van der Waals surface area (Å²) in [6, 6.07) is 4.16. The fraction of sp³-hybridized carbons (Fsp3) is 0.385. The summed E-state index contributed by atoms with van der Waals surface area (Å²) in [5.41, 5.74) is 1.23. The summed E-state index contributed by atoms with van der Waals surface area (Å²) in [6.45, 7) is 3.11. The van der Waals surface area contributed by atoms with Crippen molar-refractivity contribution in [1.29, 1.82) is 0 Å². The van der Waals surface area contributed by atoms with E-state index in [2.05, 4.69) is 28.4 Å². The molecule has 0 saturated carbocycles. The minimum atomic E-state index is 0.923. The molecule has 2 rings (SSSR count). The van der Waals surface area contributed by atoms with Crippen LogP contribution in [0.1, 0.15) is 18.9 Å². The molecule has 0 bridgehead atoms. The maximum atomic E-state index is 4.39. The molecule has 0 saturated heterocycles. The number of nitrogens with zero attached hydrogens (tertiary/aromatic N) is 3. The first kappa shape index (κ1) is 13.0. The maximum absolute atomic E-state index is 4.39. The van der Waals surface area contributed by atoms with Gasteiger partial charge in [-0.2, -0.15) is 5.10 Å². The molecule has 0 spiro atoms. The second-order valence-electron chi connectivity index (χ2n) is 4.12. The van der Waals surface area contributed by atoms with E-state index in [9.17, 15) is 0 Å². The molecule has 4 nitrogen and oxygen atoms in total. The lowest BCUT2D eigenvalue weighted by molar-refractivity contribution is 0.766. The molecule has 2 heterocycles. The van der Waals surface area contributed by atoms with Crippen molar-refractivity contribution in [2.75, 3.05) is 11.9 Å². The predicted molar refractivity (Wildman–Crippen MR) is 75.8 cm³/mol. The summed E-state index contributed by atoms with van der Waals surface area (Å²) in [6.07, 6.45) is 6.95. The quantitative estimate of drug-likeness (QED) is 0.813. The van der Waals surface area contributed by atoms with Crippen LogP contribution in [0.3, 0.4) is 0 Å². The Hall–Kier alpha value is -1.49. The molecule has 96 valence electrons. The molecule has 0 atom stereocenters. The van der Waals surface area contributed by atoms with Gasteiger partial charge in [0.25, 0.3) is 0 Å². The van der Waals surface area contributed by atoms with Gasteiger partial charge < -0.3 is 5.32 Å². The lowest BCUT2D eigenvalue weighted by Crippen LogP contribution is -2.01. The maximum Gasteiger partial charge on any atom is 0.125 e. The van der Waals surface area contributed by atoms with Crippen molar-refractivity contribution in [3.05, 3.63) is 36.3 Å². The molecule has 0 unspecified atom stereocenters. The molecule has 18 heavy (non-hydrogen) atoms. The highest BCUT2D eigenvalue weighted by atomic mass is 32.2. The Kier molecular flexibility index (Phi) is 4.64. The molecule has 1 N–H and O–H groups in total. The van der Waals surface area contributed by atoms with Gasteiger partial charge in [-0.15, -0.1) is 11.8 Å². The normalized spacial score (nSPS) is 10.6. The van der Waals surface area contributed by atoms with Crippen molar-refractivity contribution in [2.24, 2.45) is 7.05 Å². The van der Waals surface area contributed by atoms with E-state index < -0.39 is 0 Å². The van der Waals surface area contributed by atoms with E-state index in [1.165, 1.54) is 10.5 Å². The average molecular weight is 262 g/mol. The van der Waals surface area contributed by atoms with Crippen LogP contribution in [0.15, 0.2) is 35.6 Å². The third kappa shape index (κ3) is 3.77. The first-order valence-electron chi connectivity index (χ1n) is 6.08. The van der Waals surface area contributed by atoms with Crippen molar-refractivity contribution in [3.63, 3.8) is 0 Å². The number of aryl methyl sites for hydroxylation is 1. The van der Waals surface area contributed by atoms with E-state index in [0.717, 1.165) is 24.5 Å². The van der Waals surface area contributed by atoms with E-state index in [1.807, 2.05) is 36.4 Å². The van der Waals surface area contributed by atoms with Gasteiger partial charge in [0.1, 0.15) is 5.82 Å². The van der Waals surface area contributed by atoms with Crippen molar-refractivity contribution in [3.8, 4) is 0 Å². The third-order valence-corrected chi connectivity index (χ3v) is 3.49. The molecule has 0 amide bonds. The Balaban J connectivity index is 1.86. The van der Waals surface area contributed by atoms with Gasteiger partial charge in [0.05, 0.1) is 6.20 Å². The van der Waals surface area contributed by atoms with Gasteiger partial charge in [-0.25, -0.2) is 4.98 Å². The molecular formula is C13H18N4S. The highest BCUT2D eigenvalue weighted by molar-refractivity contribution is 7.98. The number of aromatic nitrogens is 3. The first-order valence-corrected chi connectivity index (χ1v) is 7.06. The zero-order chi connectivity index (χ0) is 12.8. The lowest BCUT2D eigenvalue weighted by atomic mass is 10.3. The zero-order valence-corrected chi connectivity index (χ0v) is 11.6. The standard InChI is InChI=1S/C13H18N4S/c1-3-6-14-13-5-4-11(7-15-13)10-18-12-8-16-17(2)9-12/h4-5,7-9H,3,6,10H2,1-2H3,(H,14,15). The van der Waals surface area contributed by atoms with Crippen molar-refractivity contribution >= 4 is 17.6 Å². The fourth-order valence-corrected chi connectivity index (χ4v) is 2.36. The number of hydrogen-bond acceptors (Lipinski definition) is 4. The molecule has 0 aliphatic heterocycles. The Bertz CT molecular complexity index is 478. The SMILES string of the molecule is CCCNc1ccc(CSc2cnn(C)c2)cn1. The van der Waals surface area contributed by atoms with Crippen LogP contribution < -0.4 is 5.32 Å².